The fraction of sp³-hybridized carbons (Fsp3) is 0.333. The standard InChI is InChI=1S/C21H23F2N5O3S/c1-2-27(14-26-10-5-7-19(26)16-12-15(22)8-9-18(16)23)32(30,31)25-21(29)17-13-24-28-11-4-3-6-20(17)28/h3-4,6,8-9,11-13,19H,2,5,7,10,14H2,1H3,(H,25,29)/t19-/m1/s1. The summed E-state index contributed by atoms with van der Waals surface area (Å²) in [6, 6.07) is 7.95. The predicted octanol–water partition coefficient (Wildman–Crippen LogP) is 2.70. The van der Waals surface area contributed by atoms with Gasteiger partial charge in [-0.1, -0.05) is 13.0 Å². The molecule has 1 aliphatic heterocycles. The summed E-state index contributed by atoms with van der Waals surface area (Å²) >= 11 is 0. The molecule has 0 bridgehead atoms. The van der Waals surface area contributed by atoms with Gasteiger partial charge in [-0.3, -0.25) is 9.69 Å². The molecule has 1 atom stereocenters. The summed E-state index contributed by atoms with van der Waals surface area (Å²) in [5.41, 5.74) is 0.807. The van der Waals surface area contributed by atoms with Gasteiger partial charge in [0.1, 0.15) is 11.6 Å². The van der Waals surface area contributed by atoms with Crippen LogP contribution >= 0.6 is 0 Å². The summed E-state index contributed by atoms with van der Waals surface area (Å²) in [5.74, 6) is -1.87. The number of likely N-dealkylation sites (tertiary alicyclic amines) is 1. The van der Waals surface area contributed by atoms with E-state index in [0.717, 1.165) is 22.5 Å². The molecule has 11 heteroatoms. The van der Waals surface area contributed by atoms with Crippen LogP contribution in [0.4, 0.5) is 8.78 Å². The van der Waals surface area contributed by atoms with Gasteiger partial charge in [-0.2, -0.15) is 17.8 Å². The van der Waals surface area contributed by atoms with Crippen molar-refractivity contribution in [2.45, 2.75) is 25.8 Å². The van der Waals surface area contributed by atoms with Crippen LogP contribution in [0.25, 0.3) is 5.52 Å². The van der Waals surface area contributed by atoms with Crippen molar-refractivity contribution in [3.05, 3.63) is 71.6 Å². The number of carbonyl (C=O) groups excluding carboxylic acids is 1. The molecule has 2 aromatic heterocycles. The van der Waals surface area contributed by atoms with E-state index in [1.807, 2.05) is 0 Å². The fourth-order valence-corrected chi connectivity index (χ4v) is 5.13. The van der Waals surface area contributed by atoms with E-state index in [0.29, 0.717) is 24.9 Å². The first-order valence-corrected chi connectivity index (χ1v) is 11.7. The summed E-state index contributed by atoms with van der Waals surface area (Å²) in [4.78, 5) is 14.5. The zero-order chi connectivity index (χ0) is 22.9. The summed E-state index contributed by atoms with van der Waals surface area (Å²) in [6.07, 6.45) is 4.25. The average molecular weight is 464 g/mol. The van der Waals surface area contributed by atoms with Gasteiger partial charge in [0.05, 0.1) is 23.9 Å². The highest BCUT2D eigenvalue weighted by molar-refractivity contribution is 7.87. The molecule has 1 N–H and O–H groups in total. The van der Waals surface area contributed by atoms with E-state index in [4.69, 9.17) is 0 Å². The fourth-order valence-electron chi connectivity index (χ4n) is 4.01. The molecular weight excluding hydrogens is 440 g/mol. The molecule has 0 saturated carbocycles. The number of hydrogen-bond acceptors (Lipinski definition) is 5. The number of pyridine rings is 1. The van der Waals surface area contributed by atoms with Gasteiger partial charge in [0.25, 0.3) is 5.91 Å². The van der Waals surface area contributed by atoms with Gasteiger partial charge in [0.2, 0.25) is 0 Å². The molecule has 1 fully saturated rings. The minimum Gasteiger partial charge on any atom is -0.282 e. The second kappa shape index (κ2) is 8.93. The van der Waals surface area contributed by atoms with Gasteiger partial charge in [-0.05, 0) is 43.2 Å². The largest absolute Gasteiger partial charge is 0.305 e. The smallest absolute Gasteiger partial charge is 0.282 e. The van der Waals surface area contributed by atoms with Gasteiger partial charge in [-0.15, -0.1) is 0 Å². The third kappa shape index (κ3) is 4.36. The van der Waals surface area contributed by atoms with Crippen LogP contribution in [-0.4, -0.2) is 52.9 Å². The van der Waals surface area contributed by atoms with Crippen molar-refractivity contribution in [1.29, 1.82) is 0 Å². The van der Waals surface area contributed by atoms with Gasteiger partial charge in [0.15, 0.2) is 0 Å². The predicted molar refractivity (Wildman–Crippen MR) is 114 cm³/mol. The topological polar surface area (TPSA) is 87.0 Å². The van der Waals surface area contributed by atoms with Crippen molar-refractivity contribution in [1.82, 2.24) is 23.5 Å². The van der Waals surface area contributed by atoms with Crippen LogP contribution in [0.3, 0.4) is 0 Å². The van der Waals surface area contributed by atoms with E-state index >= 15 is 0 Å². The number of carbonyl (C=O) groups is 1. The van der Waals surface area contributed by atoms with Crippen molar-refractivity contribution < 1.29 is 22.0 Å². The van der Waals surface area contributed by atoms with E-state index in [9.17, 15) is 22.0 Å². The Kier molecular flexibility index (Phi) is 6.22. The monoisotopic (exact) mass is 463 g/mol. The lowest BCUT2D eigenvalue weighted by atomic mass is 10.0. The molecule has 3 heterocycles. The molecular formula is C21H23F2N5O3S. The van der Waals surface area contributed by atoms with E-state index in [2.05, 4.69) is 9.82 Å². The summed E-state index contributed by atoms with van der Waals surface area (Å²) in [6.45, 7) is 2.20. The molecule has 1 aliphatic rings. The lowest BCUT2D eigenvalue weighted by Crippen LogP contribution is -2.48. The van der Waals surface area contributed by atoms with Crippen LogP contribution in [-0.2, 0) is 10.2 Å². The summed E-state index contributed by atoms with van der Waals surface area (Å²) in [7, 11) is -4.19. The number of nitrogens with one attached hydrogen (secondary N) is 1. The van der Waals surface area contributed by atoms with E-state index in [1.54, 1.807) is 36.2 Å². The maximum atomic E-state index is 14.3. The Morgan fingerprint density at radius 3 is 2.88 bits per heavy atom. The van der Waals surface area contributed by atoms with Crippen molar-refractivity contribution in [3.8, 4) is 0 Å². The average Bonchev–Trinajstić information content (AvgIpc) is 3.40. The highest BCUT2D eigenvalue weighted by atomic mass is 32.2. The van der Waals surface area contributed by atoms with Crippen molar-refractivity contribution in [2.24, 2.45) is 0 Å². The Morgan fingerprint density at radius 2 is 2.09 bits per heavy atom. The summed E-state index contributed by atoms with van der Waals surface area (Å²) < 4.78 is 58.6. The Morgan fingerprint density at radius 1 is 1.28 bits per heavy atom. The zero-order valence-corrected chi connectivity index (χ0v) is 18.2. The van der Waals surface area contributed by atoms with Gasteiger partial charge >= 0.3 is 10.2 Å². The minimum absolute atomic E-state index is 0.0610. The van der Waals surface area contributed by atoms with Crippen LogP contribution in [0.15, 0.2) is 48.8 Å². The molecule has 170 valence electrons. The number of benzene rings is 1. The first-order valence-electron chi connectivity index (χ1n) is 10.2. The maximum absolute atomic E-state index is 14.3. The first-order chi connectivity index (χ1) is 15.3. The van der Waals surface area contributed by atoms with Crippen LogP contribution in [0.5, 0.6) is 0 Å². The molecule has 4 rings (SSSR count). The van der Waals surface area contributed by atoms with Gasteiger partial charge < -0.3 is 0 Å². The van der Waals surface area contributed by atoms with Crippen LogP contribution in [0, 0.1) is 11.6 Å². The zero-order valence-electron chi connectivity index (χ0n) is 17.4. The number of rotatable bonds is 7. The van der Waals surface area contributed by atoms with E-state index in [-0.39, 0.29) is 24.3 Å². The third-order valence-corrected chi connectivity index (χ3v) is 7.10. The molecule has 0 aliphatic carbocycles. The molecule has 0 radical (unpaired) electrons. The Balaban J connectivity index is 1.52. The number of nitrogens with zero attached hydrogens (tertiary/aromatic N) is 4. The Hall–Kier alpha value is -2.89. The SMILES string of the molecule is CCN(CN1CCC[C@@H]1c1cc(F)ccc1F)S(=O)(=O)NC(=O)c1cnn2ccccc12. The van der Waals surface area contributed by atoms with Gasteiger partial charge in [-0.25, -0.2) is 18.0 Å². The molecule has 1 amide bonds. The number of hydrogen-bond donors (Lipinski definition) is 1. The third-order valence-electron chi connectivity index (χ3n) is 5.61. The lowest BCUT2D eigenvalue weighted by molar-refractivity contribution is 0.0978. The molecule has 0 spiro atoms. The molecule has 3 aromatic rings. The Bertz CT molecular complexity index is 1250. The summed E-state index contributed by atoms with van der Waals surface area (Å²) in [5, 5.41) is 4.05. The number of aromatic nitrogens is 2. The quantitative estimate of drug-likeness (QED) is 0.582. The van der Waals surface area contributed by atoms with E-state index < -0.39 is 33.8 Å². The second-order valence-electron chi connectivity index (χ2n) is 7.57. The van der Waals surface area contributed by atoms with Crippen molar-refractivity contribution in [2.75, 3.05) is 19.8 Å². The number of fused-ring (bicyclic) bond motifs is 1. The van der Waals surface area contributed by atoms with Crippen LogP contribution < -0.4 is 4.72 Å². The van der Waals surface area contributed by atoms with Crippen molar-refractivity contribution >= 4 is 21.6 Å². The van der Waals surface area contributed by atoms with Crippen LogP contribution in [0.2, 0.25) is 0 Å². The molecule has 1 aromatic carbocycles. The minimum atomic E-state index is -4.19. The highest BCUT2D eigenvalue weighted by Gasteiger charge is 2.33. The van der Waals surface area contributed by atoms with Crippen LogP contribution in [0.1, 0.15) is 41.7 Å². The molecule has 1 saturated heterocycles. The molecule has 32 heavy (non-hydrogen) atoms. The number of amides is 1. The second-order valence-corrected chi connectivity index (χ2v) is 9.24. The molecule has 8 nitrogen and oxygen atoms in total. The van der Waals surface area contributed by atoms with Gasteiger partial charge in [0, 0.05) is 30.9 Å². The maximum Gasteiger partial charge on any atom is 0.305 e. The Labute approximate surface area is 184 Å². The first kappa shape index (κ1) is 22.3. The van der Waals surface area contributed by atoms with Crippen molar-refractivity contribution in [3.63, 3.8) is 0 Å². The van der Waals surface area contributed by atoms with E-state index in [1.165, 1.54) is 10.7 Å². The number of halogens is 2. The molecule has 0 unspecified atom stereocenters. The highest BCUT2D eigenvalue weighted by Crippen LogP contribution is 2.34. The normalized spacial score (nSPS) is 17.3. The lowest BCUT2D eigenvalue weighted by Gasteiger charge is -2.30.